The Bertz CT molecular complexity index is 254. The van der Waals surface area contributed by atoms with Gasteiger partial charge in [-0.1, -0.05) is 26.7 Å². The third-order valence-corrected chi connectivity index (χ3v) is 3.81. The molecule has 0 saturated heterocycles. The highest BCUT2D eigenvalue weighted by Gasteiger charge is 2.08. The zero-order chi connectivity index (χ0) is 14.0. The number of hydrogen-bond donors (Lipinski definition) is 1. The van der Waals surface area contributed by atoms with Crippen LogP contribution in [0.4, 0.5) is 0 Å². The van der Waals surface area contributed by atoms with Gasteiger partial charge in [0, 0.05) is 23.6 Å². The van der Waals surface area contributed by atoms with Crippen molar-refractivity contribution >= 4 is 11.8 Å². The van der Waals surface area contributed by atoms with Crippen molar-refractivity contribution in [2.45, 2.75) is 60.4 Å². The van der Waals surface area contributed by atoms with Crippen LogP contribution >= 0.6 is 11.8 Å². The van der Waals surface area contributed by atoms with Crippen LogP contribution < -0.4 is 5.32 Å². The molecular formula is C16H31NS. The second-order valence-corrected chi connectivity index (χ2v) is 7.41. The molecule has 0 fully saturated rings. The molecule has 0 aliphatic heterocycles. The van der Waals surface area contributed by atoms with Crippen molar-refractivity contribution in [1.82, 2.24) is 5.32 Å². The third-order valence-electron chi connectivity index (χ3n) is 2.27. The van der Waals surface area contributed by atoms with Gasteiger partial charge in [-0.25, -0.2) is 0 Å². The monoisotopic (exact) mass is 269 g/mol. The zero-order valence-electron chi connectivity index (χ0n) is 13.1. The average molecular weight is 269 g/mol. The van der Waals surface area contributed by atoms with Gasteiger partial charge in [-0.05, 0) is 45.4 Å². The third kappa shape index (κ3) is 12.3. The number of thioether (sulfide) groups is 1. The highest BCUT2D eigenvalue weighted by molar-refractivity contribution is 7.99. The first-order valence-corrected chi connectivity index (χ1v) is 8.31. The largest absolute Gasteiger partial charge is 0.312 e. The molecule has 0 amide bonds. The first-order chi connectivity index (χ1) is 8.35. The fourth-order valence-corrected chi connectivity index (χ4v) is 2.55. The molecule has 0 spiro atoms. The first-order valence-electron chi connectivity index (χ1n) is 7.16. The molecule has 18 heavy (non-hydrogen) atoms. The molecule has 1 nitrogen and oxygen atoms in total. The summed E-state index contributed by atoms with van der Waals surface area (Å²) in [5.41, 5.74) is 0.125. The van der Waals surface area contributed by atoms with Crippen LogP contribution in [0.5, 0.6) is 0 Å². The van der Waals surface area contributed by atoms with Crippen LogP contribution in [-0.2, 0) is 0 Å². The Balaban J connectivity index is 4.08. The van der Waals surface area contributed by atoms with Crippen molar-refractivity contribution in [3.8, 4) is 11.8 Å². The smallest absolute Gasteiger partial charge is 0.0267 e. The summed E-state index contributed by atoms with van der Waals surface area (Å²) in [6.45, 7) is 14.4. The molecule has 0 bridgehead atoms. The summed E-state index contributed by atoms with van der Waals surface area (Å²) >= 11 is 2.05. The molecule has 1 unspecified atom stereocenters. The van der Waals surface area contributed by atoms with Crippen molar-refractivity contribution in [1.29, 1.82) is 0 Å². The molecular weight excluding hydrogens is 238 g/mol. The normalized spacial score (nSPS) is 13.3. The minimum atomic E-state index is 0.125. The molecule has 0 saturated carbocycles. The minimum Gasteiger partial charge on any atom is -0.312 e. The lowest BCUT2D eigenvalue weighted by atomic mass is 9.97. The van der Waals surface area contributed by atoms with Crippen molar-refractivity contribution in [2.24, 2.45) is 11.3 Å². The van der Waals surface area contributed by atoms with Gasteiger partial charge in [0.15, 0.2) is 0 Å². The quantitative estimate of drug-likeness (QED) is 0.663. The lowest BCUT2D eigenvalue weighted by Gasteiger charge is -2.16. The maximum atomic E-state index is 3.61. The first kappa shape index (κ1) is 17.9. The van der Waals surface area contributed by atoms with Crippen LogP contribution in [0.2, 0.25) is 0 Å². The fraction of sp³-hybridized carbons (Fsp3) is 0.875. The summed E-state index contributed by atoms with van der Waals surface area (Å²) < 4.78 is 0. The molecule has 0 aromatic rings. The average Bonchev–Trinajstić information content (AvgIpc) is 2.23. The maximum Gasteiger partial charge on any atom is 0.0267 e. The van der Waals surface area contributed by atoms with Crippen LogP contribution in [0.15, 0.2) is 0 Å². The van der Waals surface area contributed by atoms with E-state index in [0.29, 0.717) is 6.04 Å². The van der Waals surface area contributed by atoms with Gasteiger partial charge in [-0.2, -0.15) is 11.8 Å². The van der Waals surface area contributed by atoms with Gasteiger partial charge in [0.2, 0.25) is 0 Å². The predicted octanol–water partition coefficient (Wildman–Crippen LogP) is 4.18. The van der Waals surface area contributed by atoms with E-state index in [1.807, 2.05) is 11.8 Å². The standard InChI is InChI=1S/C16H31NS/c1-7-11-17-15(13-18-12-14(2)3)9-8-10-16(4,5)6/h14-15,17H,7,9,11-13H2,1-6H3. The SMILES string of the molecule is CCCNC(CC#CC(C)(C)C)CSCC(C)C. The van der Waals surface area contributed by atoms with E-state index in [1.54, 1.807) is 0 Å². The highest BCUT2D eigenvalue weighted by Crippen LogP contribution is 2.12. The summed E-state index contributed by atoms with van der Waals surface area (Å²) in [4.78, 5) is 0. The van der Waals surface area contributed by atoms with Gasteiger partial charge in [0.05, 0.1) is 0 Å². The Morgan fingerprint density at radius 1 is 1.17 bits per heavy atom. The van der Waals surface area contributed by atoms with Crippen LogP contribution in [0, 0.1) is 23.2 Å². The van der Waals surface area contributed by atoms with E-state index in [9.17, 15) is 0 Å². The van der Waals surface area contributed by atoms with E-state index in [2.05, 4.69) is 58.7 Å². The lowest BCUT2D eigenvalue weighted by molar-refractivity contribution is 0.554. The zero-order valence-corrected chi connectivity index (χ0v) is 13.9. The van der Waals surface area contributed by atoms with E-state index >= 15 is 0 Å². The van der Waals surface area contributed by atoms with Crippen molar-refractivity contribution < 1.29 is 0 Å². The highest BCUT2D eigenvalue weighted by atomic mass is 32.2. The Morgan fingerprint density at radius 2 is 1.83 bits per heavy atom. The summed E-state index contributed by atoms with van der Waals surface area (Å²) in [6.07, 6.45) is 2.17. The molecule has 1 atom stereocenters. The molecule has 1 N–H and O–H groups in total. The Morgan fingerprint density at radius 3 is 2.33 bits per heavy atom. The Labute approximate surface area is 119 Å². The molecule has 2 heteroatoms. The van der Waals surface area contributed by atoms with Crippen molar-refractivity contribution in [3.63, 3.8) is 0 Å². The molecule has 0 heterocycles. The van der Waals surface area contributed by atoms with E-state index in [4.69, 9.17) is 0 Å². The van der Waals surface area contributed by atoms with Crippen molar-refractivity contribution in [2.75, 3.05) is 18.1 Å². The van der Waals surface area contributed by atoms with Gasteiger partial charge in [-0.3, -0.25) is 0 Å². The summed E-state index contributed by atoms with van der Waals surface area (Å²) in [6, 6.07) is 0.545. The maximum absolute atomic E-state index is 3.61. The number of nitrogens with one attached hydrogen (secondary N) is 1. The predicted molar refractivity (Wildman–Crippen MR) is 86.1 cm³/mol. The van der Waals surface area contributed by atoms with Crippen molar-refractivity contribution in [3.05, 3.63) is 0 Å². The van der Waals surface area contributed by atoms with Crippen LogP contribution in [0.1, 0.15) is 54.4 Å². The lowest BCUT2D eigenvalue weighted by Crippen LogP contribution is -2.32. The van der Waals surface area contributed by atoms with Gasteiger partial charge in [0.25, 0.3) is 0 Å². The molecule has 0 aromatic carbocycles. The fourth-order valence-electron chi connectivity index (χ4n) is 1.42. The van der Waals surface area contributed by atoms with Gasteiger partial charge in [0.1, 0.15) is 0 Å². The molecule has 0 rings (SSSR count). The van der Waals surface area contributed by atoms with E-state index < -0.39 is 0 Å². The van der Waals surface area contributed by atoms with Crippen LogP contribution in [-0.4, -0.2) is 24.1 Å². The molecule has 0 aromatic heterocycles. The number of hydrogen-bond acceptors (Lipinski definition) is 2. The van der Waals surface area contributed by atoms with Gasteiger partial charge in [-0.15, -0.1) is 5.92 Å². The summed E-state index contributed by atoms with van der Waals surface area (Å²) in [7, 11) is 0. The Hall–Kier alpha value is -0.130. The molecule has 0 aliphatic carbocycles. The van der Waals surface area contributed by atoms with Gasteiger partial charge < -0.3 is 5.32 Å². The summed E-state index contributed by atoms with van der Waals surface area (Å²) in [5.74, 6) is 9.88. The second kappa shape index (κ2) is 9.75. The van der Waals surface area contributed by atoms with E-state index in [0.717, 1.165) is 18.9 Å². The molecule has 0 radical (unpaired) electrons. The van der Waals surface area contributed by atoms with Crippen LogP contribution in [0.25, 0.3) is 0 Å². The van der Waals surface area contributed by atoms with Gasteiger partial charge >= 0.3 is 0 Å². The minimum absolute atomic E-state index is 0.125. The number of rotatable bonds is 8. The topological polar surface area (TPSA) is 12.0 Å². The van der Waals surface area contributed by atoms with E-state index in [-0.39, 0.29) is 5.41 Å². The Kier molecular flexibility index (Phi) is 9.68. The van der Waals surface area contributed by atoms with Crippen LogP contribution in [0.3, 0.4) is 0 Å². The molecule has 0 aliphatic rings. The summed E-state index contributed by atoms with van der Waals surface area (Å²) in [5, 5.41) is 3.61. The van der Waals surface area contributed by atoms with E-state index in [1.165, 1.54) is 17.9 Å². The second-order valence-electron chi connectivity index (χ2n) is 6.34. The molecule has 106 valence electrons.